The normalized spacial score (nSPS) is 16.7. The molecular formula is C15H12F6N2O. The van der Waals surface area contributed by atoms with Crippen LogP contribution in [-0.2, 0) is 6.18 Å². The zero-order chi connectivity index (χ0) is 18.5. The van der Waals surface area contributed by atoms with Gasteiger partial charge >= 0.3 is 12.4 Å². The van der Waals surface area contributed by atoms with E-state index in [0.29, 0.717) is 6.92 Å². The predicted octanol–water partition coefficient (Wildman–Crippen LogP) is 4.41. The minimum absolute atomic E-state index is 0.154. The first-order chi connectivity index (χ1) is 10.8. The Morgan fingerprint density at radius 2 is 1.71 bits per heavy atom. The molecule has 0 bridgehead atoms. The molecule has 1 aromatic carbocycles. The molecule has 0 fully saturated rings. The Morgan fingerprint density at radius 1 is 1.12 bits per heavy atom. The predicted molar refractivity (Wildman–Crippen MR) is 73.0 cm³/mol. The molecule has 1 N–H and O–H groups in total. The first kappa shape index (κ1) is 18.1. The Balaban J connectivity index is 2.72. The summed E-state index contributed by atoms with van der Waals surface area (Å²) in [4.78, 5) is 0. The fourth-order valence-corrected chi connectivity index (χ4v) is 2.48. The van der Waals surface area contributed by atoms with Gasteiger partial charge in [-0.3, -0.25) is 0 Å². The van der Waals surface area contributed by atoms with Crippen LogP contribution >= 0.6 is 0 Å². The maximum absolute atomic E-state index is 13.2. The molecule has 24 heavy (non-hydrogen) atoms. The lowest BCUT2D eigenvalue weighted by atomic mass is 9.96. The molecule has 130 valence electrons. The Hall–Kier alpha value is -2.21. The van der Waals surface area contributed by atoms with E-state index in [9.17, 15) is 31.4 Å². The van der Waals surface area contributed by atoms with Crippen LogP contribution in [0.1, 0.15) is 31.0 Å². The number of fused-ring (bicyclic) bond motifs is 1. The van der Waals surface area contributed by atoms with Crippen LogP contribution in [0.2, 0.25) is 0 Å². The summed E-state index contributed by atoms with van der Waals surface area (Å²) in [6.45, 7) is 1.61. The molecule has 3 nitrogen and oxygen atoms in total. The van der Waals surface area contributed by atoms with Gasteiger partial charge < -0.3 is 9.67 Å². The Morgan fingerprint density at radius 3 is 2.17 bits per heavy atom. The van der Waals surface area contributed by atoms with E-state index in [-0.39, 0.29) is 5.52 Å². The number of hydrogen-bond donors (Lipinski definition) is 1. The van der Waals surface area contributed by atoms with Crippen molar-refractivity contribution in [1.29, 1.82) is 5.26 Å². The number of rotatable bonds is 2. The monoisotopic (exact) mass is 350 g/mol. The van der Waals surface area contributed by atoms with Gasteiger partial charge in [0.1, 0.15) is 0 Å². The highest BCUT2D eigenvalue weighted by molar-refractivity contribution is 5.86. The molecule has 0 aliphatic rings. The molecule has 2 aromatic rings. The van der Waals surface area contributed by atoms with Crippen molar-refractivity contribution in [3.05, 3.63) is 35.5 Å². The number of aromatic nitrogens is 1. The second-order valence-electron chi connectivity index (χ2n) is 5.57. The van der Waals surface area contributed by atoms with Crippen LogP contribution in [0.3, 0.4) is 0 Å². The van der Waals surface area contributed by atoms with Gasteiger partial charge in [0.05, 0.1) is 23.2 Å². The minimum Gasteiger partial charge on any atom is -0.379 e. The van der Waals surface area contributed by atoms with Crippen molar-refractivity contribution in [3.63, 3.8) is 0 Å². The van der Waals surface area contributed by atoms with Crippen LogP contribution < -0.4 is 0 Å². The van der Waals surface area contributed by atoms with Crippen LogP contribution in [0.4, 0.5) is 26.3 Å². The summed E-state index contributed by atoms with van der Waals surface area (Å²) >= 11 is 0. The molecule has 1 aromatic heterocycles. The third-order valence-corrected chi connectivity index (χ3v) is 4.11. The van der Waals surface area contributed by atoms with E-state index >= 15 is 0 Å². The van der Waals surface area contributed by atoms with Crippen LogP contribution in [0.25, 0.3) is 10.9 Å². The van der Waals surface area contributed by atoms with E-state index in [4.69, 9.17) is 5.26 Å². The van der Waals surface area contributed by atoms with E-state index in [0.717, 1.165) is 35.9 Å². The largest absolute Gasteiger partial charge is 0.418 e. The lowest BCUT2D eigenvalue weighted by Crippen LogP contribution is -2.48. The Bertz CT molecular complexity index is 810. The number of hydrogen-bond acceptors (Lipinski definition) is 2. The van der Waals surface area contributed by atoms with Crippen molar-refractivity contribution in [1.82, 2.24) is 4.57 Å². The average Bonchev–Trinajstić information content (AvgIpc) is 2.86. The first-order valence-electron chi connectivity index (χ1n) is 6.72. The average molecular weight is 350 g/mol. The molecule has 1 heterocycles. The fourth-order valence-electron chi connectivity index (χ4n) is 2.48. The van der Waals surface area contributed by atoms with E-state index in [2.05, 4.69) is 0 Å². The molecule has 0 aliphatic carbocycles. The van der Waals surface area contributed by atoms with Crippen molar-refractivity contribution < 1.29 is 31.4 Å². The second kappa shape index (κ2) is 5.41. The summed E-state index contributed by atoms with van der Waals surface area (Å²) in [5, 5.41) is 18.2. The van der Waals surface area contributed by atoms with Gasteiger partial charge in [-0.2, -0.15) is 31.6 Å². The standard InChI is InChI=1S/C15H12F6N2O/c1-8(13(2,24)15(19,20)21)23-6-5-10-11(23)4-3-9(7-22)12(10)14(16,17)18/h3-6,8,24H,1-2H3/t8-,13?/m1/s1. The summed E-state index contributed by atoms with van der Waals surface area (Å²) in [5.41, 5.74) is -5.13. The van der Waals surface area contributed by atoms with Gasteiger partial charge in [-0.15, -0.1) is 0 Å². The van der Waals surface area contributed by atoms with E-state index in [1.54, 1.807) is 0 Å². The maximum atomic E-state index is 13.2. The van der Waals surface area contributed by atoms with Gasteiger partial charge in [0.2, 0.25) is 0 Å². The number of benzene rings is 1. The van der Waals surface area contributed by atoms with E-state index < -0.39 is 40.5 Å². The van der Waals surface area contributed by atoms with E-state index in [1.807, 2.05) is 0 Å². The molecule has 1 unspecified atom stereocenters. The molecule has 0 amide bonds. The zero-order valence-electron chi connectivity index (χ0n) is 12.5. The summed E-state index contributed by atoms with van der Waals surface area (Å²) < 4.78 is 79.5. The highest BCUT2D eigenvalue weighted by Gasteiger charge is 2.54. The van der Waals surface area contributed by atoms with Crippen LogP contribution in [-0.4, -0.2) is 21.5 Å². The fraction of sp³-hybridized carbons (Fsp3) is 0.400. The third kappa shape index (κ3) is 2.71. The first-order valence-corrected chi connectivity index (χ1v) is 6.72. The number of aliphatic hydroxyl groups is 1. The van der Waals surface area contributed by atoms with Crippen molar-refractivity contribution in [3.8, 4) is 6.07 Å². The molecule has 2 atom stereocenters. The SMILES string of the molecule is C[C@@H](n1ccc2c(C(F)(F)F)c(C#N)ccc21)C(C)(O)C(F)(F)F. The molecule has 0 saturated heterocycles. The van der Waals surface area contributed by atoms with Crippen LogP contribution in [0.5, 0.6) is 0 Å². The molecule has 0 saturated carbocycles. The molecule has 2 rings (SSSR count). The highest BCUT2D eigenvalue weighted by Crippen LogP contribution is 2.42. The lowest BCUT2D eigenvalue weighted by Gasteiger charge is -2.33. The Kier molecular flexibility index (Phi) is 4.09. The van der Waals surface area contributed by atoms with E-state index in [1.165, 1.54) is 6.07 Å². The van der Waals surface area contributed by atoms with Crippen molar-refractivity contribution in [2.45, 2.75) is 37.8 Å². The van der Waals surface area contributed by atoms with Crippen LogP contribution in [0.15, 0.2) is 24.4 Å². The zero-order valence-corrected chi connectivity index (χ0v) is 12.5. The lowest BCUT2D eigenvalue weighted by molar-refractivity contribution is -0.266. The van der Waals surface area contributed by atoms with Crippen molar-refractivity contribution in [2.75, 3.05) is 0 Å². The number of nitriles is 1. The van der Waals surface area contributed by atoms with Gasteiger partial charge in [0, 0.05) is 17.1 Å². The maximum Gasteiger partial charge on any atom is 0.418 e. The number of nitrogens with zero attached hydrogens (tertiary/aromatic N) is 2. The summed E-state index contributed by atoms with van der Waals surface area (Å²) in [6.07, 6.45) is -8.78. The topological polar surface area (TPSA) is 49.0 Å². The number of halogens is 6. The third-order valence-electron chi connectivity index (χ3n) is 4.11. The summed E-state index contributed by atoms with van der Waals surface area (Å²) in [5.74, 6) is 0. The Labute approximate surface area is 132 Å². The molecular weight excluding hydrogens is 338 g/mol. The number of alkyl halides is 6. The van der Waals surface area contributed by atoms with Gasteiger partial charge in [-0.1, -0.05) is 0 Å². The van der Waals surface area contributed by atoms with Crippen LogP contribution in [0, 0.1) is 11.3 Å². The minimum atomic E-state index is -4.97. The van der Waals surface area contributed by atoms with Crippen molar-refractivity contribution in [2.24, 2.45) is 0 Å². The molecule has 0 aliphatic heterocycles. The molecule has 0 spiro atoms. The van der Waals surface area contributed by atoms with Crippen molar-refractivity contribution >= 4 is 10.9 Å². The van der Waals surface area contributed by atoms with Gasteiger partial charge in [0.25, 0.3) is 0 Å². The summed E-state index contributed by atoms with van der Waals surface area (Å²) in [6, 6.07) is 2.87. The molecule has 9 heteroatoms. The van der Waals surface area contributed by atoms with Gasteiger partial charge in [0.15, 0.2) is 5.60 Å². The smallest absolute Gasteiger partial charge is 0.379 e. The quantitative estimate of drug-likeness (QED) is 0.816. The highest BCUT2D eigenvalue weighted by atomic mass is 19.4. The van der Waals surface area contributed by atoms with Gasteiger partial charge in [-0.25, -0.2) is 0 Å². The van der Waals surface area contributed by atoms with Gasteiger partial charge in [-0.05, 0) is 32.0 Å². The molecule has 0 radical (unpaired) electrons. The summed E-state index contributed by atoms with van der Waals surface area (Å²) in [7, 11) is 0. The second-order valence-corrected chi connectivity index (χ2v) is 5.57.